The van der Waals surface area contributed by atoms with E-state index < -0.39 is 0 Å². The standard InChI is InChI=1S/C20H31N3O2/c1-4-16-6-8-17(9-7-16)18-13-21-11-12-23(18)20(25)14-22-19(24)10-5-15(2)3/h6-9,15,18,21H,4-5,10-14H2,1-3H3,(H,22,24). The van der Waals surface area contributed by atoms with Crippen molar-refractivity contribution in [3.05, 3.63) is 35.4 Å². The maximum atomic E-state index is 12.6. The maximum absolute atomic E-state index is 12.6. The second-order valence-corrected chi connectivity index (χ2v) is 7.11. The Labute approximate surface area is 151 Å². The minimum absolute atomic E-state index is 0.0102. The average molecular weight is 345 g/mol. The Bertz CT molecular complexity index is 569. The van der Waals surface area contributed by atoms with Crippen LogP contribution in [0, 0.1) is 5.92 Å². The van der Waals surface area contributed by atoms with Crippen LogP contribution in [0.15, 0.2) is 24.3 Å². The van der Waals surface area contributed by atoms with Gasteiger partial charge >= 0.3 is 0 Å². The van der Waals surface area contributed by atoms with Gasteiger partial charge in [0.15, 0.2) is 0 Å². The highest BCUT2D eigenvalue weighted by molar-refractivity contribution is 5.85. The Balaban J connectivity index is 1.94. The van der Waals surface area contributed by atoms with Crippen LogP contribution in [-0.4, -0.2) is 42.9 Å². The van der Waals surface area contributed by atoms with Crippen molar-refractivity contribution in [3.8, 4) is 0 Å². The number of nitrogens with one attached hydrogen (secondary N) is 2. The topological polar surface area (TPSA) is 61.4 Å². The lowest BCUT2D eigenvalue weighted by Gasteiger charge is -2.36. The number of nitrogens with zero attached hydrogens (tertiary/aromatic N) is 1. The van der Waals surface area contributed by atoms with Crippen LogP contribution < -0.4 is 10.6 Å². The van der Waals surface area contributed by atoms with Crippen molar-refractivity contribution in [1.82, 2.24) is 15.5 Å². The van der Waals surface area contributed by atoms with Crippen LogP contribution in [0.1, 0.15) is 50.8 Å². The van der Waals surface area contributed by atoms with Gasteiger partial charge in [0.2, 0.25) is 11.8 Å². The van der Waals surface area contributed by atoms with Crippen molar-refractivity contribution >= 4 is 11.8 Å². The number of hydrogen-bond acceptors (Lipinski definition) is 3. The zero-order valence-electron chi connectivity index (χ0n) is 15.7. The first-order valence-electron chi connectivity index (χ1n) is 9.37. The molecule has 0 radical (unpaired) electrons. The molecule has 0 aromatic heterocycles. The zero-order valence-corrected chi connectivity index (χ0v) is 15.7. The molecule has 1 aliphatic rings. The van der Waals surface area contributed by atoms with Crippen LogP contribution in [0.2, 0.25) is 0 Å². The van der Waals surface area contributed by atoms with Gasteiger partial charge in [-0.05, 0) is 29.9 Å². The maximum Gasteiger partial charge on any atom is 0.242 e. The summed E-state index contributed by atoms with van der Waals surface area (Å²) in [5, 5.41) is 6.14. The van der Waals surface area contributed by atoms with Crippen LogP contribution >= 0.6 is 0 Å². The van der Waals surface area contributed by atoms with E-state index in [4.69, 9.17) is 0 Å². The second-order valence-electron chi connectivity index (χ2n) is 7.11. The van der Waals surface area contributed by atoms with Crippen molar-refractivity contribution < 1.29 is 9.59 Å². The van der Waals surface area contributed by atoms with Gasteiger partial charge in [-0.1, -0.05) is 45.0 Å². The molecule has 138 valence electrons. The van der Waals surface area contributed by atoms with E-state index in [1.807, 2.05) is 4.90 Å². The van der Waals surface area contributed by atoms with E-state index in [0.29, 0.717) is 18.9 Å². The van der Waals surface area contributed by atoms with Crippen LogP contribution in [-0.2, 0) is 16.0 Å². The molecule has 1 aromatic rings. The predicted octanol–water partition coefficient (Wildman–Crippen LogP) is 2.27. The molecule has 0 bridgehead atoms. The number of hydrogen-bond donors (Lipinski definition) is 2. The Morgan fingerprint density at radius 2 is 2.00 bits per heavy atom. The Morgan fingerprint density at radius 3 is 2.64 bits per heavy atom. The van der Waals surface area contributed by atoms with Crippen LogP contribution in [0.25, 0.3) is 0 Å². The lowest BCUT2D eigenvalue weighted by molar-refractivity contribution is -0.135. The first-order chi connectivity index (χ1) is 12.0. The fourth-order valence-corrected chi connectivity index (χ4v) is 3.06. The van der Waals surface area contributed by atoms with E-state index >= 15 is 0 Å². The normalized spacial score (nSPS) is 17.6. The third kappa shape index (κ3) is 5.85. The molecule has 2 N–H and O–H groups in total. The van der Waals surface area contributed by atoms with Gasteiger partial charge in [-0.3, -0.25) is 9.59 Å². The third-order valence-corrected chi connectivity index (χ3v) is 4.72. The molecular formula is C20H31N3O2. The molecule has 5 heteroatoms. The number of carbonyl (C=O) groups excluding carboxylic acids is 2. The molecule has 0 saturated carbocycles. The Kier molecular flexibility index (Phi) is 7.44. The van der Waals surface area contributed by atoms with Gasteiger partial charge in [-0.25, -0.2) is 0 Å². The quantitative estimate of drug-likeness (QED) is 0.797. The summed E-state index contributed by atoms with van der Waals surface area (Å²) < 4.78 is 0. The summed E-state index contributed by atoms with van der Waals surface area (Å²) in [6.07, 6.45) is 2.34. The molecule has 2 amide bonds. The van der Waals surface area contributed by atoms with Gasteiger partial charge < -0.3 is 15.5 Å². The number of carbonyl (C=O) groups is 2. The molecule has 1 saturated heterocycles. The summed E-state index contributed by atoms with van der Waals surface area (Å²) in [6, 6.07) is 8.50. The van der Waals surface area contributed by atoms with E-state index in [-0.39, 0.29) is 24.4 Å². The smallest absolute Gasteiger partial charge is 0.242 e. The van der Waals surface area contributed by atoms with Crippen molar-refractivity contribution in [2.24, 2.45) is 5.92 Å². The molecule has 0 aliphatic carbocycles. The van der Waals surface area contributed by atoms with E-state index in [1.54, 1.807) is 0 Å². The van der Waals surface area contributed by atoms with Gasteiger partial charge in [-0.15, -0.1) is 0 Å². The largest absolute Gasteiger partial charge is 0.347 e. The van der Waals surface area contributed by atoms with Gasteiger partial charge in [0.25, 0.3) is 0 Å². The van der Waals surface area contributed by atoms with E-state index in [1.165, 1.54) is 5.56 Å². The molecule has 2 rings (SSSR count). The third-order valence-electron chi connectivity index (χ3n) is 4.72. The van der Waals surface area contributed by atoms with Crippen molar-refractivity contribution in [2.45, 2.75) is 46.1 Å². The van der Waals surface area contributed by atoms with Gasteiger partial charge in [-0.2, -0.15) is 0 Å². The minimum atomic E-state index is -0.0407. The van der Waals surface area contributed by atoms with Crippen LogP contribution in [0.4, 0.5) is 0 Å². The predicted molar refractivity (Wildman–Crippen MR) is 100 cm³/mol. The summed E-state index contributed by atoms with van der Waals surface area (Å²) in [5.41, 5.74) is 2.44. The molecule has 1 aliphatic heterocycles. The summed E-state index contributed by atoms with van der Waals surface area (Å²) in [5.74, 6) is 0.440. The lowest BCUT2D eigenvalue weighted by Crippen LogP contribution is -2.51. The molecule has 5 nitrogen and oxygen atoms in total. The summed E-state index contributed by atoms with van der Waals surface area (Å²) >= 11 is 0. The van der Waals surface area contributed by atoms with Gasteiger partial charge in [0, 0.05) is 26.1 Å². The van der Waals surface area contributed by atoms with E-state index in [2.05, 4.69) is 55.7 Å². The van der Waals surface area contributed by atoms with Gasteiger partial charge in [0.1, 0.15) is 0 Å². The molecule has 0 spiro atoms. The van der Waals surface area contributed by atoms with Crippen LogP contribution in [0.5, 0.6) is 0 Å². The first kappa shape index (κ1) is 19.4. The number of benzene rings is 1. The summed E-state index contributed by atoms with van der Waals surface area (Å²) in [7, 11) is 0. The molecule has 25 heavy (non-hydrogen) atoms. The highest BCUT2D eigenvalue weighted by Crippen LogP contribution is 2.22. The average Bonchev–Trinajstić information content (AvgIpc) is 2.64. The van der Waals surface area contributed by atoms with Crippen molar-refractivity contribution in [1.29, 1.82) is 0 Å². The number of piperazine rings is 1. The van der Waals surface area contributed by atoms with E-state index in [9.17, 15) is 9.59 Å². The van der Waals surface area contributed by atoms with Crippen molar-refractivity contribution in [2.75, 3.05) is 26.2 Å². The SMILES string of the molecule is CCc1ccc(C2CNCCN2C(=O)CNC(=O)CCC(C)C)cc1. The molecule has 1 atom stereocenters. The molecule has 1 unspecified atom stereocenters. The summed E-state index contributed by atoms with van der Waals surface area (Å²) in [6.45, 7) is 8.60. The Hall–Kier alpha value is -1.88. The summed E-state index contributed by atoms with van der Waals surface area (Å²) in [4.78, 5) is 26.4. The number of amides is 2. The van der Waals surface area contributed by atoms with Crippen LogP contribution in [0.3, 0.4) is 0 Å². The van der Waals surface area contributed by atoms with Crippen molar-refractivity contribution in [3.63, 3.8) is 0 Å². The number of rotatable bonds is 7. The van der Waals surface area contributed by atoms with E-state index in [0.717, 1.165) is 31.5 Å². The Morgan fingerprint density at radius 1 is 1.28 bits per heavy atom. The minimum Gasteiger partial charge on any atom is -0.347 e. The lowest BCUT2D eigenvalue weighted by atomic mass is 10.0. The molecule has 1 heterocycles. The zero-order chi connectivity index (χ0) is 18.2. The molecular weight excluding hydrogens is 314 g/mol. The second kappa shape index (κ2) is 9.56. The fourth-order valence-electron chi connectivity index (χ4n) is 3.06. The highest BCUT2D eigenvalue weighted by Gasteiger charge is 2.27. The number of aryl methyl sites for hydroxylation is 1. The molecule has 1 fully saturated rings. The fraction of sp³-hybridized carbons (Fsp3) is 0.600. The molecule has 1 aromatic carbocycles. The first-order valence-corrected chi connectivity index (χ1v) is 9.37. The van der Waals surface area contributed by atoms with Gasteiger partial charge in [0.05, 0.1) is 12.6 Å². The highest BCUT2D eigenvalue weighted by atomic mass is 16.2. The monoisotopic (exact) mass is 345 g/mol.